The molecule has 2 N–H and O–H groups in total. The second-order valence-electron chi connectivity index (χ2n) is 9.03. The van der Waals surface area contributed by atoms with Crippen LogP contribution in [-0.2, 0) is 24.8 Å². The molecule has 0 unspecified atom stereocenters. The lowest BCUT2D eigenvalue weighted by Gasteiger charge is -2.26. The van der Waals surface area contributed by atoms with Crippen molar-refractivity contribution in [2.45, 2.75) is 9.79 Å². The van der Waals surface area contributed by atoms with Crippen molar-refractivity contribution >= 4 is 70.5 Å². The summed E-state index contributed by atoms with van der Waals surface area (Å²) in [5, 5.41) is 2.82. The fourth-order valence-electron chi connectivity index (χ4n) is 4.04. The molecule has 44 heavy (non-hydrogen) atoms. The zero-order chi connectivity index (χ0) is 32.1. The Bertz CT molecular complexity index is 1870. The number of anilines is 3. The SMILES string of the molecule is COc1ccc(S(=O)(=O)N(CC(=O)Nc2ccc(S(=O)(=O)Nc3ccc(Br)cc3)cc2)c2cc(Cl)ccc2OC)cc1OC. The lowest BCUT2D eigenvalue weighted by Crippen LogP contribution is -2.38. The zero-order valence-electron chi connectivity index (χ0n) is 23.6. The zero-order valence-corrected chi connectivity index (χ0v) is 27.6. The van der Waals surface area contributed by atoms with Crippen molar-refractivity contribution in [1.29, 1.82) is 0 Å². The third-order valence-corrected chi connectivity index (χ3v) is 10.1. The van der Waals surface area contributed by atoms with Crippen molar-refractivity contribution in [1.82, 2.24) is 0 Å². The van der Waals surface area contributed by atoms with Crippen molar-refractivity contribution < 1.29 is 35.8 Å². The van der Waals surface area contributed by atoms with Gasteiger partial charge in [-0.1, -0.05) is 27.5 Å². The maximum Gasteiger partial charge on any atom is 0.265 e. The first-order chi connectivity index (χ1) is 20.9. The summed E-state index contributed by atoms with van der Waals surface area (Å²) in [4.78, 5) is 13.0. The van der Waals surface area contributed by atoms with Crippen molar-refractivity contribution in [2.24, 2.45) is 0 Å². The molecule has 4 aromatic rings. The summed E-state index contributed by atoms with van der Waals surface area (Å²) in [7, 11) is -4.17. The van der Waals surface area contributed by atoms with E-state index in [1.165, 1.54) is 82.0 Å². The Labute approximate surface area is 268 Å². The highest BCUT2D eigenvalue weighted by Gasteiger charge is 2.31. The molecule has 0 aliphatic heterocycles. The number of carbonyl (C=O) groups is 1. The van der Waals surface area contributed by atoms with Crippen LogP contribution in [0.4, 0.5) is 17.1 Å². The van der Waals surface area contributed by atoms with Crippen LogP contribution in [0.2, 0.25) is 5.02 Å². The molecule has 0 aliphatic carbocycles. The molecular weight excluding hydrogens is 698 g/mol. The number of amides is 1. The summed E-state index contributed by atoms with van der Waals surface area (Å²) < 4.78 is 73.6. The molecule has 232 valence electrons. The molecule has 0 heterocycles. The first-order valence-electron chi connectivity index (χ1n) is 12.6. The molecule has 0 saturated heterocycles. The first-order valence-corrected chi connectivity index (χ1v) is 16.7. The average molecular weight is 725 g/mol. The molecule has 0 fully saturated rings. The molecule has 11 nitrogen and oxygen atoms in total. The molecule has 0 radical (unpaired) electrons. The highest BCUT2D eigenvalue weighted by Crippen LogP contribution is 2.37. The maximum atomic E-state index is 14.0. The van der Waals surface area contributed by atoms with Gasteiger partial charge in [0.2, 0.25) is 5.91 Å². The largest absolute Gasteiger partial charge is 0.495 e. The number of benzene rings is 4. The Balaban J connectivity index is 1.61. The van der Waals surface area contributed by atoms with Gasteiger partial charge in [0.1, 0.15) is 12.3 Å². The van der Waals surface area contributed by atoms with E-state index in [1.807, 2.05) is 0 Å². The van der Waals surface area contributed by atoms with E-state index in [1.54, 1.807) is 24.3 Å². The normalized spacial score (nSPS) is 11.4. The van der Waals surface area contributed by atoms with E-state index in [0.717, 1.165) is 8.78 Å². The molecular formula is C29H27BrClN3O8S2. The number of methoxy groups -OCH3 is 3. The van der Waals surface area contributed by atoms with Crippen molar-refractivity contribution in [3.05, 3.63) is 94.4 Å². The van der Waals surface area contributed by atoms with Gasteiger partial charge in [-0.05, 0) is 78.9 Å². The van der Waals surface area contributed by atoms with Crippen LogP contribution in [-0.4, -0.2) is 50.6 Å². The predicted molar refractivity (Wildman–Crippen MR) is 172 cm³/mol. The van der Waals surface area contributed by atoms with Crippen LogP contribution < -0.4 is 28.6 Å². The number of halogens is 2. The van der Waals surface area contributed by atoms with Crippen molar-refractivity contribution in [3.8, 4) is 17.2 Å². The van der Waals surface area contributed by atoms with Crippen LogP contribution in [0.25, 0.3) is 0 Å². The van der Waals surface area contributed by atoms with Crippen LogP contribution in [0.1, 0.15) is 0 Å². The highest BCUT2D eigenvalue weighted by molar-refractivity contribution is 9.10. The van der Waals surface area contributed by atoms with Gasteiger partial charge in [0.25, 0.3) is 20.0 Å². The van der Waals surface area contributed by atoms with Gasteiger partial charge in [-0.25, -0.2) is 16.8 Å². The van der Waals surface area contributed by atoms with E-state index in [0.29, 0.717) is 11.4 Å². The molecule has 0 atom stereocenters. The van der Waals surface area contributed by atoms with E-state index < -0.39 is 32.5 Å². The lowest BCUT2D eigenvalue weighted by molar-refractivity contribution is -0.114. The molecule has 4 rings (SSSR count). The van der Waals surface area contributed by atoms with Crippen LogP contribution in [0.15, 0.2) is 99.2 Å². The molecule has 4 aromatic carbocycles. The molecule has 0 aromatic heterocycles. The van der Waals surface area contributed by atoms with E-state index in [2.05, 4.69) is 26.0 Å². The van der Waals surface area contributed by atoms with E-state index in [-0.39, 0.29) is 37.7 Å². The fraction of sp³-hybridized carbons (Fsp3) is 0.138. The average Bonchev–Trinajstić information content (AvgIpc) is 3.00. The maximum absolute atomic E-state index is 14.0. The number of rotatable bonds is 12. The van der Waals surface area contributed by atoms with Crippen LogP contribution in [0, 0.1) is 0 Å². The van der Waals surface area contributed by atoms with Crippen molar-refractivity contribution in [2.75, 3.05) is 42.2 Å². The summed E-state index contributed by atoms with van der Waals surface area (Å²) in [5.74, 6) is -0.0898. The van der Waals surface area contributed by atoms with Crippen LogP contribution in [0.3, 0.4) is 0 Å². The Kier molecular flexibility index (Phi) is 10.3. The second kappa shape index (κ2) is 13.8. The minimum atomic E-state index is -4.40. The Hall–Kier alpha value is -3.98. The quantitative estimate of drug-likeness (QED) is 0.188. The number of carbonyl (C=O) groups excluding carboxylic acids is 1. The lowest BCUT2D eigenvalue weighted by atomic mass is 10.3. The molecule has 1 amide bonds. The second-order valence-corrected chi connectivity index (χ2v) is 13.9. The molecule has 0 spiro atoms. The predicted octanol–water partition coefficient (Wildman–Crippen LogP) is 5.76. The standard InChI is InChI=1S/C29H27BrClN3O8S2/c1-40-26-14-6-20(31)16-25(26)34(44(38,39)24-13-15-27(41-2)28(17-24)42-3)18-29(35)32-21-9-11-23(12-10-21)43(36,37)33-22-7-4-19(30)5-8-22/h4-17,33H,18H2,1-3H3,(H,32,35). The summed E-state index contributed by atoms with van der Waals surface area (Å²) in [6.07, 6.45) is 0. The van der Waals surface area contributed by atoms with Gasteiger partial charge < -0.3 is 19.5 Å². The molecule has 15 heteroatoms. The summed E-state index contributed by atoms with van der Waals surface area (Å²) >= 11 is 9.51. The first kappa shape index (κ1) is 32.9. The van der Waals surface area contributed by atoms with E-state index in [4.69, 9.17) is 25.8 Å². The molecule has 0 aliphatic rings. The number of sulfonamides is 2. The third-order valence-electron chi connectivity index (χ3n) is 6.18. The van der Waals surface area contributed by atoms with Gasteiger partial charge in [0.15, 0.2) is 11.5 Å². The Morgan fingerprint density at radius 3 is 1.93 bits per heavy atom. The van der Waals surface area contributed by atoms with Gasteiger partial charge in [-0.15, -0.1) is 0 Å². The van der Waals surface area contributed by atoms with Crippen LogP contribution in [0.5, 0.6) is 17.2 Å². The highest BCUT2D eigenvalue weighted by atomic mass is 79.9. The number of hydrogen-bond donors (Lipinski definition) is 2. The van der Waals surface area contributed by atoms with Gasteiger partial charge in [-0.2, -0.15) is 0 Å². The summed E-state index contributed by atoms with van der Waals surface area (Å²) in [5.41, 5.74) is 0.627. The Morgan fingerprint density at radius 2 is 1.32 bits per heavy atom. The minimum absolute atomic E-state index is 0.0189. The third kappa shape index (κ3) is 7.56. The van der Waals surface area contributed by atoms with Gasteiger partial charge in [0, 0.05) is 26.9 Å². The topological polar surface area (TPSA) is 140 Å². The molecule has 0 bridgehead atoms. The molecule has 0 saturated carbocycles. The number of nitrogens with zero attached hydrogens (tertiary/aromatic N) is 1. The monoisotopic (exact) mass is 723 g/mol. The van der Waals surface area contributed by atoms with E-state index in [9.17, 15) is 21.6 Å². The number of nitrogens with one attached hydrogen (secondary N) is 2. The minimum Gasteiger partial charge on any atom is -0.495 e. The fourth-order valence-corrected chi connectivity index (χ4v) is 6.97. The smallest absolute Gasteiger partial charge is 0.265 e. The van der Waals surface area contributed by atoms with Gasteiger partial charge in [0.05, 0.1) is 36.8 Å². The van der Waals surface area contributed by atoms with Crippen molar-refractivity contribution in [3.63, 3.8) is 0 Å². The van der Waals surface area contributed by atoms with Gasteiger partial charge >= 0.3 is 0 Å². The Morgan fingerprint density at radius 1 is 0.750 bits per heavy atom. The summed E-state index contributed by atoms with van der Waals surface area (Å²) in [6.45, 7) is -0.682. The van der Waals surface area contributed by atoms with E-state index >= 15 is 0 Å². The van der Waals surface area contributed by atoms with Crippen LogP contribution >= 0.6 is 27.5 Å². The number of hydrogen-bond acceptors (Lipinski definition) is 8. The number of ether oxygens (including phenoxy) is 3. The summed E-state index contributed by atoms with van der Waals surface area (Å²) in [6, 6.07) is 20.4. The van der Waals surface area contributed by atoms with Gasteiger partial charge in [-0.3, -0.25) is 13.8 Å².